The van der Waals surface area contributed by atoms with Crippen LogP contribution in [0.4, 0.5) is 5.69 Å². The third-order valence-electron chi connectivity index (χ3n) is 3.90. The summed E-state index contributed by atoms with van der Waals surface area (Å²) in [6, 6.07) is 10.5. The lowest BCUT2D eigenvalue weighted by Crippen LogP contribution is -1.99. The highest BCUT2D eigenvalue weighted by atomic mass is 15.1. The first-order valence-corrected chi connectivity index (χ1v) is 7.05. The molecular weight excluding hydrogens is 248 g/mol. The van der Waals surface area contributed by atoms with Gasteiger partial charge in [0, 0.05) is 30.5 Å². The fourth-order valence-corrected chi connectivity index (χ4v) is 2.91. The Kier molecular flexibility index (Phi) is 2.49. The largest absolute Gasteiger partial charge is 0.384 e. The van der Waals surface area contributed by atoms with E-state index in [1.54, 1.807) is 0 Å². The molecule has 0 bridgehead atoms. The molecule has 1 N–H and O–H groups in total. The maximum Gasteiger partial charge on any atom is 0.160 e. The molecule has 0 amide bonds. The normalized spacial score (nSPS) is 13.4. The second-order valence-electron chi connectivity index (χ2n) is 5.07. The Morgan fingerprint density at radius 2 is 2.25 bits per heavy atom. The number of pyridine rings is 1. The van der Waals surface area contributed by atoms with Crippen LogP contribution >= 0.6 is 0 Å². The monoisotopic (exact) mass is 264 g/mol. The lowest BCUT2D eigenvalue weighted by Gasteiger charge is -2.07. The molecule has 0 atom stereocenters. The second-order valence-corrected chi connectivity index (χ2v) is 5.07. The van der Waals surface area contributed by atoms with E-state index in [4.69, 9.17) is 4.98 Å². The number of aromatic nitrogens is 3. The van der Waals surface area contributed by atoms with Crippen LogP contribution in [0.15, 0.2) is 36.5 Å². The molecule has 1 aliphatic rings. The van der Waals surface area contributed by atoms with Crippen LogP contribution in [0.5, 0.6) is 0 Å². The fraction of sp³-hybridized carbons (Fsp3) is 0.250. The molecule has 0 unspecified atom stereocenters. The van der Waals surface area contributed by atoms with Crippen LogP contribution in [-0.4, -0.2) is 21.1 Å². The standard InChI is InChI=1S/C16H16N4/c1-2-20-15(19-13-4-3-8-18-16(13)20)12-6-5-11-7-9-17-14(11)10-12/h3-6,8,10,17H,2,7,9H2,1H3. The first-order valence-electron chi connectivity index (χ1n) is 7.05. The molecule has 0 saturated heterocycles. The molecule has 0 aliphatic carbocycles. The van der Waals surface area contributed by atoms with Crippen molar-refractivity contribution in [2.24, 2.45) is 0 Å². The van der Waals surface area contributed by atoms with Crippen molar-refractivity contribution in [1.82, 2.24) is 14.5 Å². The van der Waals surface area contributed by atoms with E-state index in [0.717, 1.165) is 42.1 Å². The molecule has 4 heteroatoms. The first-order chi connectivity index (χ1) is 9.86. The zero-order chi connectivity index (χ0) is 13.5. The number of anilines is 1. The van der Waals surface area contributed by atoms with Crippen molar-refractivity contribution < 1.29 is 0 Å². The van der Waals surface area contributed by atoms with Crippen molar-refractivity contribution in [1.29, 1.82) is 0 Å². The molecule has 0 spiro atoms. The molecule has 3 heterocycles. The number of nitrogens with one attached hydrogen (secondary N) is 1. The molecule has 0 saturated carbocycles. The van der Waals surface area contributed by atoms with Crippen molar-refractivity contribution in [3.63, 3.8) is 0 Å². The van der Waals surface area contributed by atoms with Crippen LogP contribution in [0.3, 0.4) is 0 Å². The fourth-order valence-electron chi connectivity index (χ4n) is 2.91. The van der Waals surface area contributed by atoms with Gasteiger partial charge in [-0.1, -0.05) is 12.1 Å². The van der Waals surface area contributed by atoms with E-state index in [9.17, 15) is 0 Å². The third-order valence-corrected chi connectivity index (χ3v) is 3.90. The van der Waals surface area contributed by atoms with Gasteiger partial charge in [-0.3, -0.25) is 0 Å². The van der Waals surface area contributed by atoms with Gasteiger partial charge in [0.25, 0.3) is 0 Å². The smallest absolute Gasteiger partial charge is 0.160 e. The van der Waals surface area contributed by atoms with Crippen LogP contribution in [0.1, 0.15) is 12.5 Å². The summed E-state index contributed by atoms with van der Waals surface area (Å²) in [6.07, 6.45) is 2.94. The summed E-state index contributed by atoms with van der Waals surface area (Å²) >= 11 is 0. The Balaban J connectivity index is 1.93. The molecule has 4 nitrogen and oxygen atoms in total. The van der Waals surface area contributed by atoms with Crippen LogP contribution < -0.4 is 5.32 Å². The van der Waals surface area contributed by atoms with Crippen molar-refractivity contribution >= 4 is 16.9 Å². The van der Waals surface area contributed by atoms with Gasteiger partial charge in [-0.15, -0.1) is 0 Å². The Morgan fingerprint density at radius 3 is 3.15 bits per heavy atom. The van der Waals surface area contributed by atoms with Crippen molar-refractivity contribution in [3.05, 3.63) is 42.1 Å². The highest BCUT2D eigenvalue weighted by molar-refractivity contribution is 5.78. The van der Waals surface area contributed by atoms with Crippen molar-refractivity contribution in [2.45, 2.75) is 19.9 Å². The summed E-state index contributed by atoms with van der Waals surface area (Å²) in [6.45, 7) is 4.03. The topological polar surface area (TPSA) is 42.7 Å². The number of rotatable bonds is 2. The summed E-state index contributed by atoms with van der Waals surface area (Å²) in [5.41, 5.74) is 5.70. The van der Waals surface area contributed by atoms with Crippen LogP contribution in [0.2, 0.25) is 0 Å². The Hall–Kier alpha value is -2.36. The zero-order valence-electron chi connectivity index (χ0n) is 11.4. The van der Waals surface area contributed by atoms with Gasteiger partial charge >= 0.3 is 0 Å². The molecule has 0 radical (unpaired) electrons. The molecular formula is C16H16N4. The minimum Gasteiger partial charge on any atom is -0.384 e. The van der Waals surface area contributed by atoms with E-state index in [1.807, 2.05) is 18.3 Å². The van der Waals surface area contributed by atoms with Gasteiger partial charge in [0.05, 0.1) is 0 Å². The minimum atomic E-state index is 0.868. The number of hydrogen-bond acceptors (Lipinski definition) is 3. The summed E-state index contributed by atoms with van der Waals surface area (Å²) in [7, 11) is 0. The molecule has 2 aromatic heterocycles. The van der Waals surface area contributed by atoms with Gasteiger partial charge in [-0.25, -0.2) is 9.97 Å². The molecule has 100 valence electrons. The number of benzene rings is 1. The van der Waals surface area contributed by atoms with Crippen LogP contribution in [0, 0.1) is 0 Å². The SMILES string of the molecule is CCn1c(-c2ccc3c(c2)NCC3)nc2cccnc21. The van der Waals surface area contributed by atoms with Crippen molar-refractivity contribution in [3.8, 4) is 11.4 Å². The van der Waals surface area contributed by atoms with Crippen LogP contribution in [0.25, 0.3) is 22.6 Å². The average Bonchev–Trinajstić information content (AvgIpc) is 3.10. The Labute approximate surface area is 117 Å². The predicted molar refractivity (Wildman–Crippen MR) is 80.8 cm³/mol. The van der Waals surface area contributed by atoms with E-state index in [0.29, 0.717) is 0 Å². The van der Waals surface area contributed by atoms with E-state index < -0.39 is 0 Å². The van der Waals surface area contributed by atoms with Gasteiger partial charge in [-0.05, 0) is 37.1 Å². The Morgan fingerprint density at radius 1 is 1.30 bits per heavy atom. The number of imidazole rings is 1. The average molecular weight is 264 g/mol. The molecule has 20 heavy (non-hydrogen) atoms. The maximum atomic E-state index is 4.75. The number of hydrogen-bond donors (Lipinski definition) is 1. The highest BCUT2D eigenvalue weighted by Gasteiger charge is 2.15. The molecule has 1 aliphatic heterocycles. The second kappa shape index (κ2) is 4.34. The quantitative estimate of drug-likeness (QED) is 0.773. The third kappa shape index (κ3) is 1.61. The predicted octanol–water partition coefficient (Wildman–Crippen LogP) is 3.09. The van der Waals surface area contributed by atoms with Gasteiger partial charge in [0.15, 0.2) is 5.65 Å². The highest BCUT2D eigenvalue weighted by Crippen LogP contribution is 2.30. The lowest BCUT2D eigenvalue weighted by molar-refractivity contribution is 0.787. The van der Waals surface area contributed by atoms with E-state index in [-0.39, 0.29) is 0 Å². The summed E-state index contributed by atoms with van der Waals surface area (Å²) in [5.74, 6) is 0.998. The summed E-state index contributed by atoms with van der Waals surface area (Å²) in [5, 5.41) is 3.43. The number of aryl methyl sites for hydroxylation is 1. The zero-order valence-corrected chi connectivity index (χ0v) is 11.4. The number of nitrogens with zero attached hydrogens (tertiary/aromatic N) is 3. The van der Waals surface area contributed by atoms with E-state index in [1.165, 1.54) is 11.3 Å². The van der Waals surface area contributed by atoms with Crippen LogP contribution in [-0.2, 0) is 13.0 Å². The van der Waals surface area contributed by atoms with Crippen molar-refractivity contribution in [2.75, 3.05) is 11.9 Å². The summed E-state index contributed by atoms with van der Waals surface area (Å²) < 4.78 is 2.17. The minimum absolute atomic E-state index is 0.868. The molecule has 1 aromatic carbocycles. The van der Waals surface area contributed by atoms with Gasteiger partial charge in [-0.2, -0.15) is 0 Å². The van der Waals surface area contributed by atoms with E-state index >= 15 is 0 Å². The molecule has 0 fully saturated rings. The molecule has 4 rings (SSSR count). The summed E-state index contributed by atoms with van der Waals surface area (Å²) in [4.78, 5) is 9.21. The molecule has 3 aromatic rings. The van der Waals surface area contributed by atoms with Gasteiger partial charge in [0.1, 0.15) is 11.3 Å². The van der Waals surface area contributed by atoms with E-state index in [2.05, 4.69) is 40.0 Å². The maximum absolute atomic E-state index is 4.75. The lowest BCUT2D eigenvalue weighted by atomic mass is 10.1. The first kappa shape index (κ1) is 11.5. The number of fused-ring (bicyclic) bond motifs is 2. The Bertz CT molecular complexity index is 788. The van der Waals surface area contributed by atoms with Gasteiger partial charge in [0.2, 0.25) is 0 Å². The van der Waals surface area contributed by atoms with Gasteiger partial charge < -0.3 is 9.88 Å².